The Morgan fingerprint density at radius 3 is 1.39 bits per heavy atom. The van der Waals surface area contributed by atoms with E-state index in [0.717, 1.165) is 32.1 Å². The van der Waals surface area contributed by atoms with Crippen LogP contribution in [0.1, 0.15) is 110 Å². The molecule has 0 radical (unpaired) electrons. The topological polar surface area (TPSA) is 63.4 Å². The van der Waals surface area contributed by atoms with Crippen molar-refractivity contribution in [3.05, 3.63) is 10.1 Å². The zero-order chi connectivity index (χ0) is 17.4. The van der Waals surface area contributed by atoms with E-state index in [1.165, 1.54) is 51.4 Å². The fourth-order valence-corrected chi connectivity index (χ4v) is 3.17. The predicted octanol–water partition coefficient (Wildman–Crippen LogP) is 5.89. The Hall–Kier alpha value is -0.640. The molecule has 0 aliphatic rings. The molecule has 0 rings (SSSR count). The number of rotatable bonds is 17. The van der Waals surface area contributed by atoms with E-state index in [2.05, 4.69) is 13.8 Å². The number of hydrogen-bond acceptors (Lipinski definition) is 3. The third kappa shape index (κ3) is 10.7. The Morgan fingerprint density at radius 2 is 1.09 bits per heavy atom. The van der Waals surface area contributed by atoms with Crippen LogP contribution in [0.15, 0.2) is 0 Å². The predicted molar refractivity (Wildman–Crippen MR) is 97.4 cm³/mol. The molecule has 0 aromatic rings. The molecule has 0 spiro atoms. The van der Waals surface area contributed by atoms with E-state index in [0.29, 0.717) is 12.8 Å². The van der Waals surface area contributed by atoms with Crippen LogP contribution >= 0.6 is 0 Å². The second kappa shape index (κ2) is 14.9. The maximum absolute atomic E-state index is 11.5. The SMILES string of the molecule is CCCCCCCCCCC(CO)(CCCCCCC)[N+](=O)[O-]. The standard InChI is InChI=1S/C19H39NO3/c1-3-5-7-9-10-11-13-15-17-19(18-21,20(22)23)16-14-12-8-6-4-2/h21H,3-18H2,1-2H3. The third-order valence-corrected chi connectivity index (χ3v) is 4.92. The molecule has 4 heteroatoms. The molecule has 0 aromatic carbocycles. The highest BCUT2D eigenvalue weighted by Crippen LogP contribution is 2.26. The fourth-order valence-electron chi connectivity index (χ4n) is 3.17. The molecule has 0 aliphatic heterocycles. The summed E-state index contributed by atoms with van der Waals surface area (Å²) in [6, 6.07) is 0. The highest BCUT2D eigenvalue weighted by Gasteiger charge is 2.40. The number of nitrogens with zero attached hydrogens (tertiary/aromatic N) is 1. The lowest BCUT2D eigenvalue weighted by Gasteiger charge is -2.23. The zero-order valence-corrected chi connectivity index (χ0v) is 15.5. The van der Waals surface area contributed by atoms with Crippen LogP contribution in [0.5, 0.6) is 0 Å². The maximum Gasteiger partial charge on any atom is 0.244 e. The van der Waals surface area contributed by atoms with Crippen molar-refractivity contribution in [2.45, 2.75) is 116 Å². The van der Waals surface area contributed by atoms with Gasteiger partial charge in [-0.2, -0.15) is 0 Å². The Labute approximate surface area is 143 Å². The van der Waals surface area contributed by atoms with Crippen molar-refractivity contribution < 1.29 is 10.0 Å². The smallest absolute Gasteiger partial charge is 0.244 e. The Morgan fingerprint density at radius 1 is 0.739 bits per heavy atom. The quantitative estimate of drug-likeness (QED) is 0.206. The summed E-state index contributed by atoms with van der Waals surface area (Å²) in [4.78, 5) is 11.2. The third-order valence-electron chi connectivity index (χ3n) is 4.92. The summed E-state index contributed by atoms with van der Waals surface area (Å²) < 4.78 is 0. The van der Waals surface area contributed by atoms with E-state index in [-0.39, 0.29) is 11.5 Å². The van der Waals surface area contributed by atoms with E-state index in [9.17, 15) is 15.2 Å². The lowest BCUT2D eigenvalue weighted by Crippen LogP contribution is -2.42. The van der Waals surface area contributed by atoms with Crippen molar-refractivity contribution in [3.8, 4) is 0 Å². The highest BCUT2D eigenvalue weighted by molar-refractivity contribution is 4.78. The molecule has 0 fully saturated rings. The molecule has 0 saturated carbocycles. The van der Waals surface area contributed by atoms with Gasteiger partial charge in [-0.05, 0) is 12.8 Å². The van der Waals surface area contributed by atoms with Gasteiger partial charge < -0.3 is 5.11 Å². The minimum absolute atomic E-state index is 0.214. The first-order valence-corrected chi connectivity index (χ1v) is 9.88. The number of aliphatic hydroxyl groups excluding tert-OH is 1. The van der Waals surface area contributed by atoms with Gasteiger partial charge in [0.2, 0.25) is 5.54 Å². The second-order valence-electron chi connectivity index (χ2n) is 7.03. The van der Waals surface area contributed by atoms with Gasteiger partial charge in [-0.15, -0.1) is 0 Å². The van der Waals surface area contributed by atoms with E-state index in [1.54, 1.807) is 0 Å². The van der Waals surface area contributed by atoms with Crippen LogP contribution in [0.4, 0.5) is 0 Å². The molecule has 0 heterocycles. The Bertz CT molecular complexity index is 284. The van der Waals surface area contributed by atoms with Crippen LogP contribution in [0.25, 0.3) is 0 Å². The fraction of sp³-hybridized carbons (Fsp3) is 1.00. The van der Waals surface area contributed by atoms with E-state index < -0.39 is 5.54 Å². The monoisotopic (exact) mass is 329 g/mol. The van der Waals surface area contributed by atoms with Crippen LogP contribution in [0.3, 0.4) is 0 Å². The zero-order valence-electron chi connectivity index (χ0n) is 15.5. The number of unbranched alkanes of at least 4 members (excludes halogenated alkanes) is 11. The molecule has 138 valence electrons. The lowest BCUT2D eigenvalue weighted by atomic mass is 9.87. The molecule has 0 aliphatic carbocycles. The lowest BCUT2D eigenvalue weighted by molar-refractivity contribution is -0.576. The first kappa shape index (κ1) is 22.4. The first-order valence-electron chi connectivity index (χ1n) is 9.88. The summed E-state index contributed by atoms with van der Waals surface area (Å²) in [7, 11) is 0. The summed E-state index contributed by atoms with van der Waals surface area (Å²) in [5, 5.41) is 21.1. The van der Waals surface area contributed by atoms with Gasteiger partial charge in [0.05, 0.1) is 0 Å². The minimum atomic E-state index is -1.09. The molecule has 23 heavy (non-hydrogen) atoms. The van der Waals surface area contributed by atoms with Gasteiger partial charge in [0.25, 0.3) is 0 Å². The average Bonchev–Trinajstić information content (AvgIpc) is 2.55. The van der Waals surface area contributed by atoms with Crippen LogP contribution in [-0.4, -0.2) is 22.2 Å². The molecule has 1 unspecified atom stereocenters. The summed E-state index contributed by atoms with van der Waals surface area (Å²) in [6.45, 7) is 4.07. The van der Waals surface area contributed by atoms with Gasteiger partial charge in [-0.25, -0.2) is 0 Å². The van der Waals surface area contributed by atoms with Crippen molar-refractivity contribution >= 4 is 0 Å². The van der Waals surface area contributed by atoms with Gasteiger partial charge in [-0.1, -0.05) is 84.5 Å². The average molecular weight is 330 g/mol. The second-order valence-corrected chi connectivity index (χ2v) is 7.03. The minimum Gasteiger partial charge on any atom is -0.389 e. The van der Waals surface area contributed by atoms with Crippen molar-refractivity contribution in [1.82, 2.24) is 0 Å². The normalized spacial score (nSPS) is 13.9. The number of hydrogen-bond donors (Lipinski definition) is 1. The molecule has 0 bridgehead atoms. The molecule has 0 amide bonds. The Kier molecular flexibility index (Phi) is 14.5. The highest BCUT2D eigenvalue weighted by atomic mass is 16.6. The van der Waals surface area contributed by atoms with Crippen LogP contribution < -0.4 is 0 Å². The molecule has 1 N–H and O–H groups in total. The molecular weight excluding hydrogens is 290 g/mol. The maximum atomic E-state index is 11.5. The van der Waals surface area contributed by atoms with Gasteiger partial charge in [-0.3, -0.25) is 10.1 Å². The van der Waals surface area contributed by atoms with Crippen LogP contribution in [0.2, 0.25) is 0 Å². The molecule has 0 aromatic heterocycles. The van der Waals surface area contributed by atoms with Crippen molar-refractivity contribution in [1.29, 1.82) is 0 Å². The largest absolute Gasteiger partial charge is 0.389 e. The van der Waals surface area contributed by atoms with Gasteiger partial charge in [0, 0.05) is 17.8 Å². The van der Waals surface area contributed by atoms with E-state index in [4.69, 9.17) is 0 Å². The first-order chi connectivity index (χ1) is 11.1. The molecule has 1 atom stereocenters. The molecular formula is C19H39NO3. The van der Waals surface area contributed by atoms with Crippen molar-refractivity contribution in [3.63, 3.8) is 0 Å². The summed E-state index contributed by atoms with van der Waals surface area (Å²) in [5.74, 6) is 0. The Balaban J connectivity index is 3.97. The van der Waals surface area contributed by atoms with Crippen LogP contribution in [-0.2, 0) is 0 Å². The summed E-state index contributed by atoms with van der Waals surface area (Å²) in [5.41, 5.74) is -1.09. The van der Waals surface area contributed by atoms with E-state index >= 15 is 0 Å². The summed E-state index contributed by atoms with van der Waals surface area (Å²) >= 11 is 0. The van der Waals surface area contributed by atoms with Gasteiger partial charge >= 0.3 is 0 Å². The van der Waals surface area contributed by atoms with E-state index in [1.807, 2.05) is 0 Å². The number of nitro groups is 1. The molecule has 4 nitrogen and oxygen atoms in total. The number of aliphatic hydroxyl groups is 1. The summed E-state index contributed by atoms with van der Waals surface area (Å²) in [6.07, 6.45) is 16.0. The molecule has 0 saturated heterocycles. The van der Waals surface area contributed by atoms with Crippen molar-refractivity contribution in [2.24, 2.45) is 0 Å². The van der Waals surface area contributed by atoms with Crippen molar-refractivity contribution in [2.75, 3.05) is 6.61 Å². The van der Waals surface area contributed by atoms with Gasteiger partial charge in [0.1, 0.15) is 6.61 Å². The van der Waals surface area contributed by atoms with Crippen LogP contribution in [0, 0.1) is 10.1 Å². The van der Waals surface area contributed by atoms with Gasteiger partial charge in [0.15, 0.2) is 0 Å².